The number of β-amino-alcohol motifs (C(OH)–C–C–N with tert-alkyl or cyclic N) is 1. The van der Waals surface area contributed by atoms with Crippen molar-refractivity contribution in [2.24, 2.45) is 0 Å². The van der Waals surface area contributed by atoms with Gasteiger partial charge in [-0.25, -0.2) is 4.39 Å². The summed E-state index contributed by atoms with van der Waals surface area (Å²) in [5.74, 6) is 1.17. The Balaban J connectivity index is 1.25. The third-order valence-electron chi connectivity index (χ3n) is 9.60. The number of ether oxygens (including phenoxy) is 2. The van der Waals surface area contributed by atoms with Gasteiger partial charge in [0.1, 0.15) is 35.2 Å². The number of aryl methyl sites for hydroxylation is 1. The fraction of sp³-hybridized carbons (Fsp3) is 0.633. The molecule has 3 fully saturated rings. The first-order valence-corrected chi connectivity index (χ1v) is 16.0. The predicted octanol–water partition coefficient (Wildman–Crippen LogP) is 3.23. The summed E-state index contributed by atoms with van der Waals surface area (Å²) in [6.07, 6.45) is 3.97. The van der Waals surface area contributed by atoms with Crippen LogP contribution in [-0.4, -0.2) is 93.4 Å². The lowest BCUT2D eigenvalue weighted by atomic mass is 9.71. The SMILES string of the molecule is C[C@@]1(O)COCCN(c2nc(OC[C@@]34CCCN3C[C@H](F)C4)nc(-c3cc([C@]4(C)CCCc5sc(N)c(C#N)c54)on3)n2)C1. The lowest BCUT2D eigenvalue weighted by molar-refractivity contribution is -0.0123. The van der Waals surface area contributed by atoms with Crippen LogP contribution in [0.3, 0.4) is 0 Å². The second kappa shape index (κ2) is 10.9. The Kier molecular flexibility index (Phi) is 7.27. The molecule has 0 spiro atoms. The van der Waals surface area contributed by atoms with Gasteiger partial charge in [0.15, 0.2) is 11.5 Å². The van der Waals surface area contributed by atoms with Crippen LogP contribution in [0.15, 0.2) is 10.6 Å². The molecule has 14 heteroatoms. The molecule has 0 radical (unpaired) electrons. The number of rotatable bonds is 6. The van der Waals surface area contributed by atoms with Crippen molar-refractivity contribution in [2.45, 2.75) is 75.1 Å². The Labute approximate surface area is 259 Å². The highest BCUT2D eigenvalue weighted by Gasteiger charge is 2.49. The topological polar surface area (TPSA) is 160 Å². The molecule has 6 heterocycles. The molecule has 0 saturated carbocycles. The summed E-state index contributed by atoms with van der Waals surface area (Å²) in [6, 6.07) is 4.22. The zero-order chi connectivity index (χ0) is 30.7. The van der Waals surface area contributed by atoms with Gasteiger partial charge in [0.2, 0.25) is 5.95 Å². The molecule has 0 amide bonds. The second-order valence-corrected chi connectivity index (χ2v) is 14.2. The molecule has 3 saturated heterocycles. The molecule has 3 aromatic rings. The Morgan fingerprint density at radius 1 is 1.25 bits per heavy atom. The minimum atomic E-state index is -1.11. The third kappa shape index (κ3) is 5.09. The van der Waals surface area contributed by atoms with Gasteiger partial charge in [-0.3, -0.25) is 4.90 Å². The molecular weight excluding hydrogens is 587 g/mol. The number of nitriles is 1. The van der Waals surface area contributed by atoms with E-state index >= 15 is 0 Å². The molecule has 4 atom stereocenters. The van der Waals surface area contributed by atoms with E-state index in [9.17, 15) is 14.8 Å². The van der Waals surface area contributed by atoms with Crippen LogP contribution in [0.5, 0.6) is 6.01 Å². The number of hydrogen-bond donors (Lipinski definition) is 2. The van der Waals surface area contributed by atoms with Gasteiger partial charge in [0.25, 0.3) is 0 Å². The molecule has 1 aliphatic carbocycles. The van der Waals surface area contributed by atoms with Crippen molar-refractivity contribution < 1.29 is 23.5 Å². The molecule has 4 aliphatic rings. The first kappa shape index (κ1) is 29.3. The normalized spacial score (nSPS) is 30.5. The van der Waals surface area contributed by atoms with Gasteiger partial charge < -0.3 is 29.7 Å². The van der Waals surface area contributed by atoms with Crippen LogP contribution in [0.25, 0.3) is 11.5 Å². The molecule has 3 aromatic heterocycles. The number of nitrogens with two attached hydrogens (primary N) is 1. The molecule has 12 nitrogen and oxygen atoms in total. The fourth-order valence-electron chi connectivity index (χ4n) is 7.47. The summed E-state index contributed by atoms with van der Waals surface area (Å²) < 4.78 is 32.2. The van der Waals surface area contributed by atoms with E-state index in [-0.39, 0.29) is 37.1 Å². The van der Waals surface area contributed by atoms with Crippen LogP contribution in [0.1, 0.15) is 67.7 Å². The standard InChI is InChI=1S/C30H37FN8O4S/c1-28(40)15-38(9-10-41-16-28)26-34-25(35-27(36-26)42-17-30-7-4-8-39(30)14-18(31)12-30)20-11-22(43-37-20)29(2)6-3-5-21-23(29)19(13-32)24(33)44-21/h11,18,40H,3-10,12,14-17,33H2,1-2H3/t18-,28+,29+,30+/m1/s1. The number of alkyl halides is 1. The summed E-state index contributed by atoms with van der Waals surface area (Å²) in [5, 5.41) is 25.6. The molecule has 0 unspecified atom stereocenters. The minimum absolute atomic E-state index is 0.103. The van der Waals surface area contributed by atoms with E-state index < -0.39 is 17.2 Å². The number of thiophene rings is 1. The van der Waals surface area contributed by atoms with Gasteiger partial charge in [-0.1, -0.05) is 5.16 Å². The van der Waals surface area contributed by atoms with Crippen molar-refractivity contribution in [3.05, 3.63) is 27.8 Å². The molecule has 3 N–H and O–H groups in total. The van der Waals surface area contributed by atoms with Crippen molar-refractivity contribution in [2.75, 3.05) is 56.6 Å². The average Bonchev–Trinajstić information content (AvgIpc) is 3.73. The van der Waals surface area contributed by atoms with Crippen molar-refractivity contribution >= 4 is 22.3 Å². The van der Waals surface area contributed by atoms with E-state index in [1.54, 1.807) is 6.92 Å². The van der Waals surface area contributed by atoms with Gasteiger partial charge in [-0.15, -0.1) is 11.3 Å². The van der Waals surface area contributed by atoms with Crippen molar-refractivity contribution in [3.63, 3.8) is 0 Å². The lowest BCUT2D eigenvalue weighted by Gasteiger charge is -2.31. The van der Waals surface area contributed by atoms with E-state index in [1.807, 2.05) is 11.0 Å². The molecule has 234 valence electrons. The highest BCUT2D eigenvalue weighted by atomic mass is 32.1. The van der Waals surface area contributed by atoms with Crippen molar-refractivity contribution in [1.29, 1.82) is 5.26 Å². The number of aliphatic hydroxyl groups is 1. The lowest BCUT2D eigenvalue weighted by Crippen LogP contribution is -2.44. The number of anilines is 2. The zero-order valence-electron chi connectivity index (χ0n) is 25.0. The van der Waals surface area contributed by atoms with E-state index in [2.05, 4.69) is 33.0 Å². The Morgan fingerprint density at radius 2 is 2.11 bits per heavy atom. The Morgan fingerprint density at radius 3 is 2.95 bits per heavy atom. The Hall–Kier alpha value is -3.38. The summed E-state index contributed by atoms with van der Waals surface area (Å²) in [5.41, 5.74) is 5.96. The maximum absolute atomic E-state index is 14.4. The van der Waals surface area contributed by atoms with Crippen LogP contribution in [0, 0.1) is 11.3 Å². The van der Waals surface area contributed by atoms with Gasteiger partial charge in [-0.05, 0) is 58.1 Å². The number of halogens is 1. The highest BCUT2D eigenvalue weighted by Crippen LogP contribution is 2.49. The smallest absolute Gasteiger partial charge is 0.321 e. The molecular formula is C30H37FN8O4S. The molecule has 0 aromatic carbocycles. The summed E-state index contributed by atoms with van der Waals surface area (Å²) >= 11 is 1.47. The van der Waals surface area contributed by atoms with Gasteiger partial charge in [-0.2, -0.15) is 20.2 Å². The quantitative estimate of drug-likeness (QED) is 0.413. The zero-order valence-corrected chi connectivity index (χ0v) is 25.8. The van der Waals surface area contributed by atoms with Crippen molar-refractivity contribution in [3.8, 4) is 23.6 Å². The van der Waals surface area contributed by atoms with Crippen LogP contribution in [-0.2, 0) is 16.6 Å². The largest absolute Gasteiger partial charge is 0.461 e. The van der Waals surface area contributed by atoms with Gasteiger partial charge in [0, 0.05) is 30.5 Å². The monoisotopic (exact) mass is 624 g/mol. The van der Waals surface area contributed by atoms with Crippen molar-refractivity contribution in [1.82, 2.24) is 25.0 Å². The Bertz CT molecular complexity index is 1610. The summed E-state index contributed by atoms with van der Waals surface area (Å²) in [6.45, 7) is 6.60. The molecule has 3 aliphatic heterocycles. The van der Waals surface area contributed by atoms with Crippen LogP contribution in [0.2, 0.25) is 0 Å². The van der Waals surface area contributed by atoms with Crippen LogP contribution < -0.4 is 15.4 Å². The number of aromatic nitrogens is 4. The molecule has 44 heavy (non-hydrogen) atoms. The molecule has 0 bridgehead atoms. The van der Waals surface area contributed by atoms with Gasteiger partial charge >= 0.3 is 6.01 Å². The summed E-state index contributed by atoms with van der Waals surface area (Å²) in [7, 11) is 0. The third-order valence-corrected chi connectivity index (χ3v) is 10.7. The van der Waals surface area contributed by atoms with Gasteiger partial charge in [0.05, 0.1) is 36.3 Å². The molecule has 7 rings (SSSR count). The summed E-state index contributed by atoms with van der Waals surface area (Å²) in [4.78, 5) is 19.2. The first-order valence-electron chi connectivity index (χ1n) is 15.2. The number of nitrogen functional groups attached to an aromatic ring is 1. The van der Waals surface area contributed by atoms with E-state index in [0.29, 0.717) is 54.1 Å². The van der Waals surface area contributed by atoms with E-state index in [1.165, 1.54) is 11.3 Å². The van der Waals surface area contributed by atoms with Crippen LogP contribution >= 0.6 is 11.3 Å². The van der Waals surface area contributed by atoms with E-state index in [4.69, 9.17) is 24.7 Å². The number of hydrogen-bond acceptors (Lipinski definition) is 13. The second-order valence-electron chi connectivity index (χ2n) is 13.1. The highest BCUT2D eigenvalue weighted by molar-refractivity contribution is 7.16. The maximum Gasteiger partial charge on any atom is 0.321 e. The number of nitrogens with zero attached hydrogens (tertiary/aromatic N) is 7. The predicted molar refractivity (Wildman–Crippen MR) is 160 cm³/mol. The number of fused-ring (bicyclic) bond motifs is 2. The first-order chi connectivity index (χ1) is 21.1. The average molecular weight is 625 g/mol. The minimum Gasteiger partial charge on any atom is -0.461 e. The van der Waals surface area contributed by atoms with Crippen LogP contribution in [0.4, 0.5) is 15.3 Å². The fourth-order valence-corrected chi connectivity index (χ4v) is 8.66. The maximum atomic E-state index is 14.4. The van der Waals surface area contributed by atoms with E-state index in [0.717, 1.165) is 49.1 Å².